The number of benzene rings is 1. The van der Waals surface area contributed by atoms with Gasteiger partial charge in [-0.05, 0) is 37.6 Å². The molecule has 1 aromatic carbocycles. The van der Waals surface area contributed by atoms with Crippen LogP contribution < -0.4 is 4.74 Å². The van der Waals surface area contributed by atoms with Crippen LogP contribution in [0.15, 0.2) is 29.8 Å². The van der Waals surface area contributed by atoms with Gasteiger partial charge in [0.1, 0.15) is 11.3 Å². The maximum Gasteiger partial charge on any atom is 0.345 e. The smallest absolute Gasteiger partial charge is 0.345 e. The summed E-state index contributed by atoms with van der Waals surface area (Å²) in [5.74, 6) is -0.695. The highest BCUT2D eigenvalue weighted by Crippen LogP contribution is 2.15. The SMILES string of the molecule is CCOC(=O)C(=Cc1ccc(OC)cc1)C(=O)OCC. The second-order valence-electron chi connectivity index (χ2n) is 3.77. The van der Waals surface area contributed by atoms with Gasteiger partial charge in [-0.25, -0.2) is 9.59 Å². The maximum atomic E-state index is 11.8. The molecule has 0 saturated carbocycles. The number of carbonyl (C=O) groups excluding carboxylic acids is 2. The first-order valence-corrected chi connectivity index (χ1v) is 6.32. The summed E-state index contributed by atoms with van der Waals surface area (Å²) in [7, 11) is 1.56. The van der Waals surface area contributed by atoms with Crippen LogP contribution in [-0.2, 0) is 19.1 Å². The second kappa shape index (κ2) is 7.99. The molecular formula is C15H18O5. The first-order chi connectivity index (χ1) is 9.62. The molecule has 0 N–H and O–H groups in total. The Morgan fingerprint density at radius 3 is 1.90 bits per heavy atom. The van der Waals surface area contributed by atoms with Crippen LogP contribution in [0.5, 0.6) is 5.75 Å². The Bertz CT molecular complexity index is 467. The minimum atomic E-state index is -0.693. The molecule has 0 bridgehead atoms. The van der Waals surface area contributed by atoms with Gasteiger partial charge in [-0.15, -0.1) is 0 Å². The lowest BCUT2D eigenvalue weighted by Crippen LogP contribution is -2.18. The van der Waals surface area contributed by atoms with Gasteiger partial charge in [0.05, 0.1) is 20.3 Å². The van der Waals surface area contributed by atoms with Gasteiger partial charge < -0.3 is 14.2 Å². The number of esters is 2. The van der Waals surface area contributed by atoms with Crippen LogP contribution in [0.3, 0.4) is 0 Å². The van der Waals surface area contributed by atoms with E-state index in [1.807, 2.05) is 0 Å². The minimum absolute atomic E-state index is 0.126. The third kappa shape index (κ3) is 4.42. The van der Waals surface area contributed by atoms with Crippen LogP contribution in [0.2, 0.25) is 0 Å². The lowest BCUT2D eigenvalue weighted by atomic mass is 10.1. The van der Waals surface area contributed by atoms with Gasteiger partial charge in [-0.2, -0.15) is 0 Å². The van der Waals surface area contributed by atoms with Gasteiger partial charge in [0.2, 0.25) is 0 Å². The Balaban J connectivity index is 3.03. The Morgan fingerprint density at radius 2 is 1.50 bits per heavy atom. The van der Waals surface area contributed by atoms with Crippen molar-refractivity contribution in [1.82, 2.24) is 0 Å². The van der Waals surface area contributed by atoms with Crippen molar-refractivity contribution in [3.8, 4) is 5.75 Å². The molecule has 5 heteroatoms. The van der Waals surface area contributed by atoms with E-state index in [0.717, 1.165) is 0 Å². The van der Waals surface area contributed by atoms with Gasteiger partial charge in [-0.3, -0.25) is 0 Å². The van der Waals surface area contributed by atoms with Crippen molar-refractivity contribution in [2.75, 3.05) is 20.3 Å². The third-order valence-corrected chi connectivity index (χ3v) is 2.42. The molecule has 0 aliphatic rings. The number of hydrogen-bond donors (Lipinski definition) is 0. The first kappa shape index (κ1) is 15.8. The Hall–Kier alpha value is -2.30. The van der Waals surface area contributed by atoms with Crippen LogP contribution in [0.25, 0.3) is 6.08 Å². The fourth-order valence-electron chi connectivity index (χ4n) is 1.49. The van der Waals surface area contributed by atoms with Gasteiger partial charge >= 0.3 is 11.9 Å². The molecule has 0 aliphatic carbocycles. The average molecular weight is 278 g/mol. The zero-order chi connectivity index (χ0) is 15.0. The van der Waals surface area contributed by atoms with Crippen molar-refractivity contribution in [3.63, 3.8) is 0 Å². The Kier molecular flexibility index (Phi) is 6.29. The molecule has 0 unspecified atom stereocenters. The van der Waals surface area contributed by atoms with Gasteiger partial charge in [-0.1, -0.05) is 12.1 Å². The lowest BCUT2D eigenvalue weighted by molar-refractivity contribution is -0.146. The third-order valence-electron chi connectivity index (χ3n) is 2.42. The van der Waals surface area contributed by atoms with Crippen molar-refractivity contribution >= 4 is 18.0 Å². The predicted octanol–water partition coefficient (Wildman–Crippen LogP) is 2.20. The van der Waals surface area contributed by atoms with Crippen molar-refractivity contribution in [1.29, 1.82) is 0 Å². The molecule has 0 fully saturated rings. The fourth-order valence-corrected chi connectivity index (χ4v) is 1.49. The molecule has 0 spiro atoms. The minimum Gasteiger partial charge on any atom is -0.497 e. The fraction of sp³-hybridized carbons (Fsp3) is 0.333. The number of hydrogen-bond acceptors (Lipinski definition) is 5. The van der Waals surface area contributed by atoms with E-state index in [2.05, 4.69) is 0 Å². The van der Waals surface area contributed by atoms with E-state index >= 15 is 0 Å². The molecule has 1 aromatic rings. The molecule has 0 heterocycles. The van der Waals surface area contributed by atoms with Crippen LogP contribution in [0, 0.1) is 0 Å². The largest absolute Gasteiger partial charge is 0.497 e. The van der Waals surface area contributed by atoms with E-state index in [-0.39, 0.29) is 18.8 Å². The lowest BCUT2D eigenvalue weighted by Gasteiger charge is -2.07. The quantitative estimate of drug-likeness (QED) is 0.345. The van der Waals surface area contributed by atoms with E-state index in [1.165, 1.54) is 6.08 Å². The Labute approximate surface area is 118 Å². The van der Waals surface area contributed by atoms with Crippen LogP contribution in [0.1, 0.15) is 19.4 Å². The Morgan fingerprint density at radius 1 is 1.00 bits per heavy atom. The second-order valence-corrected chi connectivity index (χ2v) is 3.77. The molecule has 0 radical (unpaired) electrons. The average Bonchev–Trinajstić information content (AvgIpc) is 2.45. The molecule has 0 amide bonds. The number of methoxy groups -OCH3 is 1. The molecule has 0 aromatic heterocycles. The molecule has 20 heavy (non-hydrogen) atoms. The topological polar surface area (TPSA) is 61.8 Å². The van der Waals surface area contributed by atoms with Crippen molar-refractivity contribution < 1.29 is 23.8 Å². The summed E-state index contributed by atoms with van der Waals surface area (Å²) in [6.07, 6.45) is 1.44. The molecular weight excluding hydrogens is 260 g/mol. The number of rotatable bonds is 6. The predicted molar refractivity (Wildman–Crippen MR) is 74.2 cm³/mol. The summed E-state index contributed by atoms with van der Waals surface area (Å²) >= 11 is 0. The zero-order valence-electron chi connectivity index (χ0n) is 11.8. The summed E-state index contributed by atoms with van der Waals surface area (Å²) < 4.78 is 14.8. The van der Waals surface area contributed by atoms with Crippen molar-refractivity contribution in [2.24, 2.45) is 0 Å². The molecule has 108 valence electrons. The van der Waals surface area contributed by atoms with Crippen molar-refractivity contribution in [2.45, 2.75) is 13.8 Å². The zero-order valence-corrected chi connectivity index (χ0v) is 11.8. The van der Waals surface area contributed by atoms with Crippen LogP contribution in [-0.4, -0.2) is 32.3 Å². The molecule has 1 rings (SSSR count). The van der Waals surface area contributed by atoms with E-state index in [9.17, 15) is 9.59 Å². The van der Waals surface area contributed by atoms with Gasteiger partial charge in [0, 0.05) is 0 Å². The van der Waals surface area contributed by atoms with E-state index < -0.39 is 11.9 Å². The van der Waals surface area contributed by atoms with E-state index in [0.29, 0.717) is 11.3 Å². The molecule has 5 nitrogen and oxygen atoms in total. The molecule has 0 saturated heterocycles. The maximum absolute atomic E-state index is 11.8. The summed E-state index contributed by atoms with van der Waals surface area (Å²) in [5.41, 5.74) is 0.556. The highest BCUT2D eigenvalue weighted by atomic mass is 16.6. The summed E-state index contributed by atoms with van der Waals surface area (Å²) in [6, 6.07) is 6.94. The highest BCUT2D eigenvalue weighted by molar-refractivity contribution is 6.17. The van der Waals surface area contributed by atoms with Gasteiger partial charge in [0.25, 0.3) is 0 Å². The summed E-state index contributed by atoms with van der Waals surface area (Å²) in [5, 5.41) is 0. The summed E-state index contributed by atoms with van der Waals surface area (Å²) in [6.45, 7) is 3.73. The number of ether oxygens (including phenoxy) is 3. The first-order valence-electron chi connectivity index (χ1n) is 6.32. The van der Waals surface area contributed by atoms with E-state index in [1.54, 1.807) is 45.2 Å². The highest BCUT2D eigenvalue weighted by Gasteiger charge is 2.20. The number of carbonyl (C=O) groups is 2. The normalized spacial score (nSPS) is 9.55. The van der Waals surface area contributed by atoms with Crippen LogP contribution >= 0.6 is 0 Å². The van der Waals surface area contributed by atoms with Crippen LogP contribution in [0.4, 0.5) is 0 Å². The standard InChI is InChI=1S/C15H18O5/c1-4-19-14(16)13(15(17)20-5-2)10-11-6-8-12(18-3)9-7-11/h6-10H,4-5H2,1-3H3. The van der Waals surface area contributed by atoms with Crippen molar-refractivity contribution in [3.05, 3.63) is 35.4 Å². The molecule has 0 aliphatic heterocycles. The summed E-state index contributed by atoms with van der Waals surface area (Å²) in [4.78, 5) is 23.5. The van der Waals surface area contributed by atoms with Gasteiger partial charge in [0.15, 0.2) is 0 Å². The molecule has 0 atom stereocenters. The van der Waals surface area contributed by atoms with E-state index in [4.69, 9.17) is 14.2 Å². The monoisotopic (exact) mass is 278 g/mol.